The third-order valence-electron chi connectivity index (χ3n) is 2.80. The van der Waals surface area contributed by atoms with Crippen molar-refractivity contribution >= 4 is 17.7 Å². The van der Waals surface area contributed by atoms with Crippen LogP contribution in [0.1, 0.15) is 27.2 Å². The highest BCUT2D eigenvalue weighted by molar-refractivity contribution is 7.99. The Morgan fingerprint density at radius 2 is 1.89 bits per heavy atom. The van der Waals surface area contributed by atoms with Crippen molar-refractivity contribution in [3.8, 4) is 0 Å². The van der Waals surface area contributed by atoms with Gasteiger partial charge >= 0.3 is 0 Å². The quantitative estimate of drug-likeness (QED) is 0.801. The molecule has 1 aromatic rings. The average Bonchev–Trinajstić information content (AvgIpc) is 2.31. The molecular weight excluding hydrogens is 249 g/mol. The van der Waals surface area contributed by atoms with Crippen LogP contribution < -0.4 is 5.32 Å². The molecule has 18 heavy (non-hydrogen) atoms. The van der Waals surface area contributed by atoms with Crippen LogP contribution in [-0.2, 0) is 4.79 Å². The van der Waals surface area contributed by atoms with E-state index in [0.29, 0.717) is 18.1 Å². The number of hydrogen-bond donors (Lipinski definition) is 1. The third kappa shape index (κ3) is 5.54. The highest BCUT2D eigenvalue weighted by atomic mass is 32.2. The predicted octanol–water partition coefficient (Wildman–Crippen LogP) is 3.47. The van der Waals surface area contributed by atoms with Crippen LogP contribution in [0.4, 0.5) is 4.39 Å². The minimum absolute atomic E-state index is 0.0748. The molecule has 1 atom stereocenters. The maximum atomic E-state index is 12.7. The number of amides is 1. The van der Waals surface area contributed by atoms with Gasteiger partial charge in [-0.2, -0.15) is 0 Å². The molecule has 0 saturated carbocycles. The molecule has 2 nitrogen and oxygen atoms in total. The normalized spacial score (nSPS) is 12.5. The second-order valence-electron chi connectivity index (χ2n) is 4.65. The molecule has 0 aliphatic carbocycles. The standard InChI is InChI=1S/C14H20FNOS/c1-10(2)11(3)16-14(17)8-9-18-13-6-4-12(15)5-7-13/h4-7,10-11H,8-9H2,1-3H3,(H,16,17). The summed E-state index contributed by atoms with van der Waals surface area (Å²) in [6.45, 7) is 6.17. The van der Waals surface area contributed by atoms with E-state index in [9.17, 15) is 9.18 Å². The number of thioether (sulfide) groups is 1. The lowest BCUT2D eigenvalue weighted by Gasteiger charge is -2.17. The van der Waals surface area contributed by atoms with Crippen molar-refractivity contribution in [1.82, 2.24) is 5.32 Å². The molecule has 100 valence electrons. The first-order chi connectivity index (χ1) is 8.49. The van der Waals surface area contributed by atoms with Gasteiger partial charge in [-0.3, -0.25) is 4.79 Å². The van der Waals surface area contributed by atoms with Crippen LogP contribution in [0.25, 0.3) is 0 Å². The fourth-order valence-corrected chi connectivity index (χ4v) is 2.14. The summed E-state index contributed by atoms with van der Waals surface area (Å²) in [6, 6.07) is 6.53. The Kier molecular flexibility index (Phi) is 6.19. The molecule has 4 heteroatoms. The summed E-state index contributed by atoms with van der Waals surface area (Å²) in [5.74, 6) is 0.995. The molecule has 0 bridgehead atoms. The molecule has 0 saturated heterocycles. The molecular formula is C14H20FNOS. The van der Waals surface area contributed by atoms with Gasteiger partial charge in [0.25, 0.3) is 0 Å². The Labute approximate surface area is 112 Å². The van der Waals surface area contributed by atoms with Crippen molar-refractivity contribution in [2.75, 3.05) is 5.75 Å². The van der Waals surface area contributed by atoms with Crippen LogP contribution in [0.15, 0.2) is 29.2 Å². The number of carbonyl (C=O) groups is 1. The summed E-state index contributed by atoms with van der Waals surface area (Å²) in [5.41, 5.74) is 0. The lowest BCUT2D eigenvalue weighted by atomic mass is 10.1. The van der Waals surface area contributed by atoms with Crippen molar-refractivity contribution in [1.29, 1.82) is 0 Å². The van der Waals surface area contributed by atoms with Crippen LogP contribution in [-0.4, -0.2) is 17.7 Å². The number of benzene rings is 1. The smallest absolute Gasteiger partial charge is 0.221 e. The summed E-state index contributed by atoms with van der Waals surface area (Å²) in [6.07, 6.45) is 0.485. The fourth-order valence-electron chi connectivity index (χ4n) is 1.29. The Hall–Kier alpha value is -1.03. The summed E-state index contributed by atoms with van der Waals surface area (Å²) < 4.78 is 12.7. The summed E-state index contributed by atoms with van der Waals surface area (Å²) in [5, 5.41) is 2.96. The predicted molar refractivity (Wildman–Crippen MR) is 74.2 cm³/mol. The Morgan fingerprint density at radius 3 is 2.44 bits per heavy atom. The molecule has 1 rings (SSSR count). The van der Waals surface area contributed by atoms with E-state index in [2.05, 4.69) is 19.2 Å². The maximum Gasteiger partial charge on any atom is 0.221 e. The van der Waals surface area contributed by atoms with Gasteiger partial charge < -0.3 is 5.32 Å². The fraction of sp³-hybridized carbons (Fsp3) is 0.500. The van der Waals surface area contributed by atoms with Crippen LogP contribution in [0, 0.1) is 11.7 Å². The molecule has 1 aromatic carbocycles. The van der Waals surface area contributed by atoms with E-state index in [0.717, 1.165) is 4.90 Å². The lowest BCUT2D eigenvalue weighted by molar-refractivity contribution is -0.121. The molecule has 0 aromatic heterocycles. The molecule has 1 N–H and O–H groups in total. The van der Waals surface area contributed by atoms with E-state index in [1.165, 1.54) is 12.1 Å². The van der Waals surface area contributed by atoms with Crippen molar-refractivity contribution in [2.24, 2.45) is 5.92 Å². The highest BCUT2D eigenvalue weighted by Crippen LogP contribution is 2.18. The number of hydrogen-bond acceptors (Lipinski definition) is 2. The van der Waals surface area contributed by atoms with Gasteiger partial charge in [-0.15, -0.1) is 11.8 Å². The minimum atomic E-state index is -0.233. The SMILES string of the molecule is CC(C)C(C)NC(=O)CCSc1ccc(F)cc1. The molecule has 1 amide bonds. The Bertz CT molecular complexity index is 378. The van der Waals surface area contributed by atoms with E-state index in [-0.39, 0.29) is 17.8 Å². The van der Waals surface area contributed by atoms with Crippen molar-refractivity contribution in [3.63, 3.8) is 0 Å². The topological polar surface area (TPSA) is 29.1 Å². The first kappa shape index (κ1) is 15.0. The molecule has 0 aliphatic rings. The third-order valence-corrected chi connectivity index (χ3v) is 3.81. The first-order valence-electron chi connectivity index (χ1n) is 6.16. The number of carbonyl (C=O) groups excluding carboxylic acids is 1. The molecule has 0 heterocycles. The summed E-state index contributed by atoms with van der Waals surface area (Å²) >= 11 is 1.57. The maximum absolute atomic E-state index is 12.7. The lowest BCUT2D eigenvalue weighted by Crippen LogP contribution is -2.36. The molecule has 0 aliphatic heterocycles. The second-order valence-corrected chi connectivity index (χ2v) is 5.82. The van der Waals surface area contributed by atoms with Crippen molar-refractivity contribution in [3.05, 3.63) is 30.1 Å². The zero-order chi connectivity index (χ0) is 13.5. The second kappa shape index (κ2) is 7.41. The van der Waals surface area contributed by atoms with E-state index in [1.807, 2.05) is 6.92 Å². The van der Waals surface area contributed by atoms with Gasteiger partial charge in [-0.1, -0.05) is 13.8 Å². The largest absolute Gasteiger partial charge is 0.353 e. The molecule has 1 unspecified atom stereocenters. The molecule has 0 radical (unpaired) electrons. The number of halogens is 1. The van der Waals surface area contributed by atoms with Crippen LogP contribution in [0.2, 0.25) is 0 Å². The van der Waals surface area contributed by atoms with E-state index < -0.39 is 0 Å². The van der Waals surface area contributed by atoms with Crippen LogP contribution in [0.3, 0.4) is 0 Å². The van der Waals surface area contributed by atoms with E-state index in [1.54, 1.807) is 23.9 Å². The van der Waals surface area contributed by atoms with Gasteiger partial charge in [0, 0.05) is 23.1 Å². The first-order valence-corrected chi connectivity index (χ1v) is 7.15. The van der Waals surface area contributed by atoms with Gasteiger partial charge in [0.1, 0.15) is 5.82 Å². The van der Waals surface area contributed by atoms with Crippen molar-refractivity contribution < 1.29 is 9.18 Å². The monoisotopic (exact) mass is 269 g/mol. The van der Waals surface area contributed by atoms with E-state index in [4.69, 9.17) is 0 Å². The van der Waals surface area contributed by atoms with E-state index >= 15 is 0 Å². The van der Waals surface area contributed by atoms with Gasteiger partial charge in [-0.05, 0) is 37.1 Å². The van der Waals surface area contributed by atoms with Crippen LogP contribution in [0.5, 0.6) is 0 Å². The Balaban J connectivity index is 2.25. The van der Waals surface area contributed by atoms with Gasteiger partial charge in [0.15, 0.2) is 0 Å². The highest BCUT2D eigenvalue weighted by Gasteiger charge is 2.10. The number of rotatable bonds is 6. The van der Waals surface area contributed by atoms with Gasteiger partial charge in [0.05, 0.1) is 0 Å². The van der Waals surface area contributed by atoms with Crippen molar-refractivity contribution in [2.45, 2.75) is 38.1 Å². The zero-order valence-corrected chi connectivity index (χ0v) is 11.9. The molecule has 0 spiro atoms. The van der Waals surface area contributed by atoms with Gasteiger partial charge in [-0.25, -0.2) is 4.39 Å². The summed E-state index contributed by atoms with van der Waals surface area (Å²) in [7, 11) is 0. The molecule has 0 fully saturated rings. The summed E-state index contributed by atoms with van der Waals surface area (Å²) in [4.78, 5) is 12.6. The van der Waals surface area contributed by atoms with Crippen LogP contribution >= 0.6 is 11.8 Å². The average molecular weight is 269 g/mol. The minimum Gasteiger partial charge on any atom is -0.353 e. The zero-order valence-electron chi connectivity index (χ0n) is 11.1. The van der Waals surface area contributed by atoms with Gasteiger partial charge in [0.2, 0.25) is 5.91 Å². The Morgan fingerprint density at radius 1 is 1.28 bits per heavy atom. The number of nitrogens with one attached hydrogen (secondary N) is 1.